The van der Waals surface area contributed by atoms with Crippen molar-refractivity contribution in [2.45, 2.75) is 51.4 Å². The third-order valence-electron chi connectivity index (χ3n) is 5.21. The van der Waals surface area contributed by atoms with Crippen molar-refractivity contribution in [3.05, 3.63) is 17.5 Å². The van der Waals surface area contributed by atoms with E-state index in [1.807, 2.05) is 4.68 Å². The summed E-state index contributed by atoms with van der Waals surface area (Å²) in [6, 6.07) is 0. The molecule has 0 spiro atoms. The number of rotatable bonds is 3. The van der Waals surface area contributed by atoms with Gasteiger partial charge in [-0.2, -0.15) is 5.10 Å². The Balaban J connectivity index is 1.86. The molecule has 3 nitrogen and oxygen atoms in total. The molecule has 3 rings (SSSR count). The summed E-state index contributed by atoms with van der Waals surface area (Å²) in [6.07, 6.45) is 10.4. The number of hydrogen-bond acceptors (Lipinski definition) is 2. The van der Waals surface area contributed by atoms with Gasteiger partial charge in [0, 0.05) is 13.2 Å². The molecule has 1 aliphatic carbocycles. The van der Waals surface area contributed by atoms with Crippen LogP contribution in [0, 0.1) is 11.8 Å². The first-order valence-electron chi connectivity index (χ1n) is 8.02. The lowest BCUT2D eigenvalue weighted by Crippen LogP contribution is -2.39. The zero-order valence-electron chi connectivity index (χ0n) is 12.4. The molecular weight excluding hydrogens is 234 g/mol. The standard InChI is InChI=1S/C16H27N3/c1-3-16-15(11-19(2)18-16)13-8-9-17-10-14(13)12-6-4-5-7-12/h11-14,17H,3-10H2,1-2H3. The molecule has 2 atom stereocenters. The maximum absolute atomic E-state index is 4.66. The summed E-state index contributed by atoms with van der Waals surface area (Å²) in [5, 5.41) is 8.29. The smallest absolute Gasteiger partial charge is 0.0656 e. The number of piperidine rings is 1. The second-order valence-corrected chi connectivity index (χ2v) is 6.37. The minimum Gasteiger partial charge on any atom is -0.316 e. The second kappa shape index (κ2) is 5.66. The van der Waals surface area contributed by atoms with Crippen LogP contribution in [0.25, 0.3) is 0 Å². The molecule has 1 aromatic heterocycles. The van der Waals surface area contributed by atoms with Crippen LogP contribution in [0.4, 0.5) is 0 Å². The van der Waals surface area contributed by atoms with E-state index in [-0.39, 0.29) is 0 Å². The first-order chi connectivity index (χ1) is 9.29. The first-order valence-corrected chi connectivity index (χ1v) is 8.02. The monoisotopic (exact) mass is 261 g/mol. The fourth-order valence-electron chi connectivity index (χ4n) is 4.29. The minimum absolute atomic E-state index is 0.744. The van der Waals surface area contributed by atoms with Gasteiger partial charge in [0.05, 0.1) is 5.69 Å². The molecule has 2 unspecified atom stereocenters. The van der Waals surface area contributed by atoms with Crippen molar-refractivity contribution < 1.29 is 0 Å². The maximum atomic E-state index is 4.66. The average molecular weight is 261 g/mol. The van der Waals surface area contributed by atoms with Crippen molar-refractivity contribution in [2.75, 3.05) is 13.1 Å². The predicted octanol–water partition coefficient (Wildman–Crippen LogP) is 2.87. The lowest BCUT2D eigenvalue weighted by molar-refractivity contribution is 0.230. The van der Waals surface area contributed by atoms with Gasteiger partial charge in [0.2, 0.25) is 0 Å². The quantitative estimate of drug-likeness (QED) is 0.906. The van der Waals surface area contributed by atoms with Crippen molar-refractivity contribution in [2.24, 2.45) is 18.9 Å². The molecule has 2 aliphatic rings. The Hall–Kier alpha value is -0.830. The molecule has 0 amide bonds. The van der Waals surface area contributed by atoms with E-state index in [0.29, 0.717) is 0 Å². The molecule has 1 saturated carbocycles. The van der Waals surface area contributed by atoms with E-state index < -0.39 is 0 Å². The van der Waals surface area contributed by atoms with Crippen LogP contribution in [0.5, 0.6) is 0 Å². The van der Waals surface area contributed by atoms with Gasteiger partial charge < -0.3 is 5.32 Å². The van der Waals surface area contributed by atoms with Gasteiger partial charge in [0.25, 0.3) is 0 Å². The van der Waals surface area contributed by atoms with Crippen LogP contribution in [0.2, 0.25) is 0 Å². The molecule has 19 heavy (non-hydrogen) atoms. The number of hydrogen-bond donors (Lipinski definition) is 1. The molecule has 3 heteroatoms. The number of aryl methyl sites for hydroxylation is 2. The average Bonchev–Trinajstić information content (AvgIpc) is 3.07. The molecule has 106 valence electrons. The van der Waals surface area contributed by atoms with Crippen LogP contribution in [0.1, 0.15) is 56.2 Å². The van der Waals surface area contributed by atoms with Gasteiger partial charge in [0.15, 0.2) is 0 Å². The Morgan fingerprint density at radius 3 is 2.84 bits per heavy atom. The van der Waals surface area contributed by atoms with E-state index >= 15 is 0 Å². The Bertz CT molecular complexity index is 418. The van der Waals surface area contributed by atoms with E-state index in [1.165, 1.54) is 50.9 Å². The highest BCUT2D eigenvalue weighted by Gasteiger charge is 2.35. The highest BCUT2D eigenvalue weighted by Crippen LogP contribution is 2.42. The fourth-order valence-corrected chi connectivity index (χ4v) is 4.29. The Morgan fingerprint density at radius 2 is 2.11 bits per heavy atom. The third kappa shape index (κ3) is 2.58. The highest BCUT2D eigenvalue weighted by molar-refractivity contribution is 5.24. The van der Waals surface area contributed by atoms with Gasteiger partial charge in [-0.25, -0.2) is 0 Å². The molecule has 1 saturated heterocycles. The Kier molecular flexibility index (Phi) is 3.92. The Labute approximate surface area is 116 Å². The predicted molar refractivity (Wildman–Crippen MR) is 78.3 cm³/mol. The first kappa shape index (κ1) is 13.2. The highest BCUT2D eigenvalue weighted by atomic mass is 15.3. The van der Waals surface area contributed by atoms with Crippen LogP contribution in [-0.2, 0) is 13.5 Å². The number of nitrogens with zero attached hydrogens (tertiary/aromatic N) is 2. The van der Waals surface area contributed by atoms with Crippen molar-refractivity contribution in [1.29, 1.82) is 0 Å². The zero-order valence-corrected chi connectivity index (χ0v) is 12.4. The van der Waals surface area contributed by atoms with E-state index in [0.717, 1.165) is 24.2 Å². The lowest BCUT2D eigenvalue weighted by Gasteiger charge is -2.36. The van der Waals surface area contributed by atoms with Crippen molar-refractivity contribution in [3.63, 3.8) is 0 Å². The van der Waals surface area contributed by atoms with E-state index in [9.17, 15) is 0 Å². The van der Waals surface area contributed by atoms with Crippen molar-refractivity contribution in [1.82, 2.24) is 15.1 Å². The summed E-state index contributed by atoms with van der Waals surface area (Å²) < 4.78 is 2.02. The minimum atomic E-state index is 0.744. The molecule has 2 fully saturated rings. The summed E-state index contributed by atoms with van der Waals surface area (Å²) in [6.45, 7) is 4.62. The third-order valence-corrected chi connectivity index (χ3v) is 5.21. The second-order valence-electron chi connectivity index (χ2n) is 6.37. The summed E-state index contributed by atoms with van der Waals surface area (Å²) in [7, 11) is 2.06. The van der Waals surface area contributed by atoms with Crippen molar-refractivity contribution >= 4 is 0 Å². The zero-order chi connectivity index (χ0) is 13.2. The number of nitrogens with one attached hydrogen (secondary N) is 1. The normalized spacial score (nSPS) is 28.9. The van der Waals surface area contributed by atoms with Crippen LogP contribution in [0.3, 0.4) is 0 Å². The van der Waals surface area contributed by atoms with Gasteiger partial charge in [-0.1, -0.05) is 32.6 Å². The maximum Gasteiger partial charge on any atom is 0.0656 e. The summed E-state index contributed by atoms with van der Waals surface area (Å²) in [5.74, 6) is 2.53. The lowest BCUT2D eigenvalue weighted by atomic mass is 9.73. The fraction of sp³-hybridized carbons (Fsp3) is 0.812. The molecule has 0 aromatic carbocycles. The molecular formula is C16H27N3. The Morgan fingerprint density at radius 1 is 1.32 bits per heavy atom. The van der Waals surface area contributed by atoms with Crippen LogP contribution in [-0.4, -0.2) is 22.9 Å². The molecule has 1 N–H and O–H groups in total. The molecule has 0 radical (unpaired) electrons. The van der Waals surface area contributed by atoms with E-state index in [2.05, 4.69) is 30.6 Å². The summed E-state index contributed by atoms with van der Waals surface area (Å²) in [5.41, 5.74) is 2.88. The van der Waals surface area contributed by atoms with E-state index in [1.54, 1.807) is 5.56 Å². The largest absolute Gasteiger partial charge is 0.316 e. The van der Waals surface area contributed by atoms with Crippen LogP contribution < -0.4 is 5.32 Å². The topological polar surface area (TPSA) is 29.9 Å². The van der Waals surface area contributed by atoms with Gasteiger partial charge in [-0.15, -0.1) is 0 Å². The van der Waals surface area contributed by atoms with Gasteiger partial charge in [-0.05, 0) is 49.2 Å². The van der Waals surface area contributed by atoms with Crippen LogP contribution in [0.15, 0.2) is 6.20 Å². The summed E-state index contributed by atoms with van der Waals surface area (Å²) in [4.78, 5) is 0. The molecule has 1 aromatic rings. The molecule has 0 bridgehead atoms. The molecule has 2 heterocycles. The van der Waals surface area contributed by atoms with Gasteiger partial charge in [-0.3, -0.25) is 4.68 Å². The van der Waals surface area contributed by atoms with Crippen LogP contribution >= 0.6 is 0 Å². The SMILES string of the molecule is CCc1nn(C)cc1C1CCNCC1C1CCCC1. The summed E-state index contributed by atoms with van der Waals surface area (Å²) >= 11 is 0. The molecule has 1 aliphatic heterocycles. The van der Waals surface area contributed by atoms with E-state index in [4.69, 9.17) is 0 Å². The van der Waals surface area contributed by atoms with Gasteiger partial charge >= 0.3 is 0 Å². The number of aromatic nitrogens is 2. The van der Waals surface area contributed by atoms with Crippen molar-refractivity contribution in [3.8, 4) is 0 Å². The van der Waals surface area contributed by atoms with Gasteiger partial charge in [0.1, 0.15) is 0 Å².